The minimum absolute atomic E-state index is 0.000560. The number of nitrogens with one attached hydrogen (secondary N) is 1. The number of hydrogen-bond donors (Lipinski definition) is 1. The molecular formula is C14H18F4N2O. The summed E-state index contributed by atoms with van der Waals surface area (Å²) in [4.78, 5) is 1.83. The second kappa shape index (κ2) is 6.72. The molecule has 1 N–H and O–H groups in total. The average Bonchev–Trinajstić information content (AvgIpc) is 2.37. The lowest BCUT2D eigenvalue weighted by Crippen LogP contribution is -2.44. The highest BCUT2D eigenvalue weighted by Crippen LogP contribution is 2.30. The molecule has 0 amide bonds. The molecule has 0 saturated carbocycles. The van der Waals surface area contributed by atoms with Crippen LogP contribution in [0.15, 0.2) is 18.2 Å². The molecule has 1 aromatic carbocycles. The lowest BCUT2D eigenvalue weighted by molar-refractivity contribution is -0.137. The van der Waals surface area contributed by atoms with Gasteiger partial charge in [0, 0.05) is 26.2 Å². The summed E-state index contributed by atoms with van der Waals surface area (Å²) < 4.78 is 56.8. The van der Waals surface area contributed by atoms with Crippen LogP contribution in [0.1, 0.15) is 11.1 Å². The van der Waals surface area contributed by atoms with Gasteiger partial charge in [0.1, 0.15) is 5.82 Å². The van der Waals surface area contributed by atoms with Crippen LogP contribution in [0.4, 0.5) is 17.6 Å². The van der Waals surface area contributed by atoms with Gasteiger partial charge in [0.15, 0.2) is 0 Å². The molecule has 3 nitrogen and oxygen atoms in total. The second-order valence-corrected chi connectivity index (χ2v) is 5.24. The van der Waals surface area contributed by atoms with Gasteiger partial charge in [-0.15, -0.1) is 0 Å². The fourth-order valence-corrected chi connectivity index (χ4v) is 2.37. The summed E-state index contributed by atoms with van der Waals surface area (Å²) in [5.41, 5.74) is -0.657. The normalized spacial score (nSPS) is 20.0. The van der Waals surface area contributed by atoms with Gasteiger partial charge in [0.2, 0.25) is 0 Å². The van der Waals surface area contributed by atoms with Crippen molar-refractivity contribution >= 4 is 0 Å². The van der Waals surface area contributed by atoms with E-state index in [0.717, 1.165) is 18.7 Å². The standard InChI is InChI=1S/C14H18F4N2O/c1-20(9-13-7-19-2-3-21-13)8-10-4-11(14(16,17)18)6-12(15)5-10/h4-6,13,19H,2-3,7-9H2,1H3. The quantitative estimate of drug-likeness (QED) is 0.864. The van der Waals surface area contributed by atoms with E-state index in [9.17, 15) is 17.6 Å². The van der Waals surface area contributed by atoms with Crippen molar-refractivity contribution in [2.45, 2.75) is 18.8 Å². The van der Waals surface area contributed by atoms with Crippen LogP contribution in [0.3, 0.4) is 0 Å². The maximum absolute atomic E-state index is 13.3. The molecule has 1 atom stereocenters. The van der Waals surface area contributed by atoms with Crippen molar-refractivity contribution < 1.29 is 22.3 Å². The summed E-state index contributed by atoms with van der Waals surface area (Å²) in [6, 6.07) is 2.63. The minimum Gasteiger partial charge on any atom is -0.374 e. The van der Waals surface area contributed by atoms with Crippen LogP contribution in [0, 0.1) is 5.82 Å². The van der Waals surface area contributed by atoms with Crippen LogP contribution in [-0.4, -0.2) is 44.3 Å². The fraction of sp³-hybridized carbons (Fsp3) is 0.571. The zero-order valence-electron chi connectivity index (χ0n) is 11.7. The van der Waals surface area contributed by atoms with Crippen LogP contribution in [0.2, 0.25) is 0 Å². The van der Waals surface area contributed by atoms with Gasteiger partial charge in [-0.1, -0.05) is 0 Å². The van der Waals surface area contributed by atoms with Crippen molar-refractivity contribution in [1.82, 2.24) is 10.2 Å². The van der Waals surface area contributed by atoms with Gasteiger partial charge in [-0.3, -0.25) is 4.90 Å². The first-order valence-corrected chi connectivity index (χ1v) is 6.72. The molecule has 21 heavy (non-hydrogen) atoms. The predicted octanol–water partition coefficient (Wildman–Crippen LogP) is 2.26. The number of likely N-dealkylation sites (N-methyl/N-ethyl adjacent to an activating group) is 1. The third kappa shape index (κ3) is 4.94. The average molecular weight is 306 g/mol. The predicted molar refractivity (Wildman–Crippen MR) is 70.3 cm³/mol. The Morgan fingerprint density at radius 3 is 2.71 bits per heavy atom. The molecule has 1 heterocycles. The van der Waals surface area contributed by atoms with Gasteiger partial charge >= 0.3 is 6.18 Å². The highest BCUT2D eigenvalue weighted by molar-refractivity contribution is 5.26. The van der Waals surface area contributed by atoms with E-state index in [4.69, 9.17) is 4.74 Å². The number of benzene rings is 1. The van der Waals surface area contributed by atoms with E-state index in [1.165, 1.54) is 0 Å². The van der Waals surface area contributed by atoms with Crippen LogP contribution < -0.4 is 5.32 Å². The molecule has 0 aromatic heterocycles. The second-order valence-electron chi connectivity index (χ2n) is 5.24. The molecule has 2 rings (SSSR count). The Morgan fingerprint density at radius 1 is 1.33 bits per heavy atom. The maximum Gasteiger partial charge on any atom is 0.416 e. The van der Waals surface area contributed by atoms with E-state index in [2.05, 4.69) is 5.32 Å². The van der Waals surface area contributed by atoms with E-state index in [1.807, 2.05) is 4.90 Å². The molecular weight excluding hydrogens is 288 g/mol. The summed E-state index contributed by atoms with van der Waals surface area (Å²) >= 11 is 0. The van der Waals surface area contributed by atoms with Gasteiger partial charge < -0.3 is 10.1 Å². The Hall–Kier alpha value is -1.18. The molecule has 7 heteroatoms. The first-order chi connectivity index (χ1) is 9.84. The number of nitrogens with zero attached hydrogens (tertiary/aromatic N) is 1. The molecule has 1 unspecified atom stereocenters. The lowest BCUT2D eigenvalue weighted by atomic mass is 10.1. The zero-order chi connectivity index (χ0) is 15.5. The number of alkyl halides is 3. The summed E-state index contributed by atoms with van der Waals surface area (Å²) in [7, 11) is 1.77. The first kappa shape index (κ1) is 16.2. The van der Waals surface area contributed by atoms with E-state index in [0.29, 0.717) is 31.3 Å². The highest BCUT2D eigenvalue weighted by Gasteiger charge is 2.31. The van der Waals surface area contributed by atoms with Gasteiger partial charge in [-0.25, -0.2) is 4.39 Å². The van der Waals surface area contributed by atoms with Crippen molar-refractivity contribution in [2.24, 2.45) is 0 Å². The van der Waals surface area contributed by atoms with Crippen molar-refractivity contribution in [3.05, 3.63) is 35.1 Å². The van der Waals surface area contributed by atoms with Gasteiger partial charge in [-0.2, -0.15) is 13.2 Å². The Balaban J connectivity index is 1.99. The topological polar surface area (TPSA) is 24.5 Å². The molecule has 1 aromatic rings. The number of hydrogen-bond acceptors (Lipinski definition) is 3. The molecule has 0 radical (unpaired) electrons. The Kier molecular flexibility index (Phi) is 5.18. The maximum atomic E-state index is 13.3. The smallest absolute Gasteiger partial charge is 0.374 e. The first-order valence-electron chi connectivity index (χ1n) is 6.72. The Morgan fingerprint density at radius 2 is 2.10 bits per heavy atom. The Labute approximate surface area is 120 Å². The van der Waals surface area contributed by atoms with E-state index in [-0.39, 0.29) is 12.6 Å². The monoisotopic (exact) mass is 306 g/mol. The fourth-order valence-electron chi connectivity index (χ4n) is 2.37. The lowest BCUT2D eigenvalue weighted by Gasteiger charge is -2.28. The van der Waals surface area contributed by atoms with Crippen molar-refractivity contribution in [1.29, 1.82) is 0 Å². The largest absolute Gasteiger partial charge is 0.416 e. The highest BCUT2D eigenvalue weighted by atomic mass is 19.4. The van der Waals surface area contributed by atoms with E-state index in [1.54, 1.807) is 7.05 Å². The molecule has 0 aliphatic carbocycles. The van der Waals surface area contributed by atoms with Crippen LogP contribution in [0.5, 0.6) is 0 Å². The summed E-state index contributed by atoms with van der Waals surface area (Å²) in [6.45, 7) is 2.95. The summed E-state index contributed by atoms with van der Waals surface area (Å²) in [6.07, 6.45) is -4.54. The molecule has 1 saturated heterocycles. The van der Waals surface area contributed by atoms with Crippen molar-refractivity contribution in [3.8, 4) is 0 Å². The van der Waals surface area contributed by atoms with E-state index < -0.39 is 17.6 Å². The van der Waals surface area contributed by atoms with Crippen molar-refractivity contribution in [2.75, 3.05) is 33.3 Å². The number of rotatable bonds is 4. The van der Waals surface area contributed by atoms with Crippen LogP contribution >= 0.6 is 0 Å². The molecule has 0 bridgehead atoms. The van der Waals surface area contributed by atoms with Crippen molar-refractivity contribution in [3.63, 3.8) is 0 Å². The van der Waals surface area contributed by atoms with Gasteiger partial charge in [0.05, 0.1) is 18.3 Å². The molecule has 1 fully saturated rings. The molecule has 1 aliphatic rings. The van der Waals surface area contributed by atoms with Crippen LogP contribution in [-0.2, 0) is 17.5 Å². The number of morpholine rings is 1. The Bertz CT molecular complexity index is 473. The molecule has 0 spiro atoms. The third-order valence-electron chi connectivity index (χ3n) is 3.26. The van der Waals surface area contributed by atoms with E-state index >= 15 is 0 Å². The number of ether oxygens (including phenoxy) is 1. The molecule has 1 aliphatic heterocycles. The minimum atomic E-state index is -4.54. The zero-order valence-corrected chi connectivity index (χ0v) is 11.7. The van der Waals surface area contributed by atoms with Gasteiger partial charge in [0.25, 0.3) is 0 Å². The summed E-state index contributed by atoms with van der Waals surface area (Å²) in [5, 5.41) is 3.18. The number of halogens is 4. The molecule has 118 valence electrons. The third-order valence-corrected chi connectivity index (χ3v) is 3.26. The van der Waals surface area contributed by atoms with Gasteiger partial charge in [-0.05, 0) is 30.8 Å². The summed E-state index contributed by atoms with van der Waals surface area (Å²) in [5.74, 6) is -0.871. The SMILES string of the molecule is CN(Cc1cc(F)cc(C(F)(F)F)c1)CC1CNCCO1. The van der Waals surface area contributed by atoms with Crippen LogP contribution in [0.25, 0.3) is 0 Å².